The standard InChI is InChI=1S/C20H30N2O3S/c1-21-9-5-16-6-10-22(11-7-16)20(23)8-14-26-17-3-4-18-19(15-17)25-13-2-12-24-18/h3-4,15-16,21H,2,5-14H2,1H3. The summed E-state index contributed by atoms with van der Waals surface area (Å²) in [7, 11) is 2.00. The van der Waals surface area contributed by atoms with Crippen LogP contribution in [0.25, 0.3) is 0 Å². The summed E-state index contributed by atoms with van der Waals surface area (Å²) in [4.78, 5) is 15.6. The van der Waals surface area contributed by atoms with Gasteiger partial charge >= 0.3 is 0 Å². The van der Waals surface area contributed by atoms with E-state index >= 15 is 0 Å². The monoisotopic (exact) mass is 378 g/mol. The summed E-state index contributed by atoms with van der Waals surface area (Å²) >= 11 is 1.71. The van der Waals surface area contributed by atoms with Gasteiger partial charge in [0.2, 0.25) is 5.91 Å². The van der Waals surface area contributed by atoms with E-state index in [2.05, 4.69) is 11.4 Å². The molecule has 0 atom stereocenters. The number of carbonyl (C=O) groups excluding carboxylic acids is 1. The summed E-state index contributed by atoms with van der Waals surface area (Å²) in [5, 5.41) is 3.21. The van der Waals surface area contributed by atoms with Crippen LogP contribution in [0.1, 0.15) is 32.1 Å². The van der Waals surface area contributed by atoms with Gasteiger partial charge in [0.15, 0.2) is 11.5 Å². The van der Waals surface area contributed by atoms with Gasteiger partial charge in [-0.25, -0.2) is 0 Å². The predicted octanol–water partition coefficient (Wildman–Crippen LogP) is 3.18. The molecule has 0 saturated carbocycles. The summed E-state index contributed by atoms with van der Waals surface area (Å²) in [6.45, 7) is 4.32. The van der Waals surface area contributed by atoms with Gasteiger partial charge in [-0.1, -0.05) is 0 Å². The van der Waals surface area contributed by atoms with Crippen molar-refractivity contribution >= 4 is 17.7 Å². The van der Waals surface area contributed by atoms with E-state index in [1.807, 2.05) is 24.1 Å². The zero-order chi connectivity index (χ0) is 18.2. The molecule has 0 aromatic heterocycles. The lowest BCUT2D eigenvalue weighted by Crippen LogP contribution is -2.39. The summed E-state index contributed by atoms with van der Waals surface area (Å²) in [6, 6.07) is 6.06. The highest BCUT2D eigenvalue weighted by Gasteiger charge is 2.22. The Hall–Kier alpha value is -1.40. The van der Waals surface area contributed by atoms with Crippen LogP contribution in [-0.2, 0) is 4.79 Å². The zero-order valence-electron chi connectivity index (χ0n) is 15.7. The van der Waals surface area contributed by atoms with Crippen LogP contribution in [0.2, 0.25) is 0 Å². The Morgan fingerprint density at radius 1 is 1.23 bits per heavy atom. The van der Waals surface area contributed by atoms with Crippen molar-refractivity contribution in [2.45, 2.75) is 37.0 Å². The summed E-state index contributed by atoms with van der Waals surface area (Å²) in [6.07, 6.45) is 5.02. The third-order valence-electron chi connectivity index (χ3n) is 5.07. The molecular formula is C20H30N2O3S. The molecule has 0 aliphatic carbocycles. The van der Waals surface area contributed by atoms with Gasteiger partial charge in [-0.05, 0) is 57.0 Å². The minimum atomic E-state index is 0.291. The molecule has 2 aliphatic heterocycles. The Kier molecular flexibility index (Phi) is 7.50. The first-order valence-corrected chi connectivity index (χ1v) is 10.7. The number of carbonyl (C=O) groups is 1. The Balaban J connectivity index is 1.39. The average Bonchev–Trinajstić information content (AvgIpc) is 2.91. The Morgan fingerprint density at radius 3 is 2.77 bits per heavy atom. The van der Waals surface area contributed by atoms with Crippen LogP contribution in [-0.4, -0.2) is 56.5 Å². The fourth-order valence-electron chi connectivity index (χ4n) is 3.47. The van der Waals surface area contributed by atoms with Crippen LogP contribution in [0.3, 0.4) is 0 Å². The second kappa shape index (κ2) is 10.1. The highest BCUT2D eigenvalue weighted by molar-refractivity contribution is 7.99. The molecule has 5 nitrogen and oxygen atoms in total. The molecular weight excluding hydrogens is 348 g/mol. The first kappa shape index (κ1) is 19.4. The maximum Gasteiger partial charge on any atom is 0.223 e. The van der Waals surface area contributed by atoms with Gasteiger partial charge in [0.05, 0.1) is 13.2 Å². The number of hydrogen-bond donors (Lipinski definition) is 1. The summed E-state index contributed by atoms with van der Waals surface area (Å²) in [5.41, 5.74) is 0. The van der Waals surface area contributed by atoms with Gasteiger partial charge < -0.3 is 19.7 Å². The van der Waals surface area contributed by atoms with Crippen LogP contribution in [0, 0.1) is 5.92 Å². The fourth-order valence-corrected chi connectivity index (χ4v) is 4.33. The van der Waals surface area contributed by atoms with Crippen molar-refractivity contribution in [3.05, 3.63) is 18.2 Å². The molecule has 2 aliphatic rings. The molecule has 0 bridgehead atoms. The van der Waals surface area contributed by atoms with E-state index < -0.39 is 0 Å². The molecule has 1 aromatic carbocycles. The molecule has 144 valence electrons. The van der Waals surface area contributed by atoms with Crippen LogP contribution in [0.4, 0.5) is 0 Å². The zero-order valence-corrected chi connectivity index (χ0v) is 16.5. The predicted molar refractivity (Wildman–Crippen MR) is 105 cm³/mol. The lowest BCUT2D eigenvalue weighted by atomic mass is 9.93. The average molecular weight is 379 g/mol. The maximum atomic E-state index is 12.4. The van der Waals surface area contributed by atoms with Crippen LogP contribution >= 0.6 is 11.8 Å². The smallest absolute Gasteiger partial charge is 0.223 e. The number of piperidine rings is 1. The topological polar surface area (TPSA) is 50.8 Å². The number of amides is 1. The largest absolute Gasteiger partial charge is 0.490 e. The molecule has 0 unspecified atom stereocenters. The van der Waals surface area contributed by atoms with E-state index in [1.54, 1.807) is 11.8 Å². The molecule has 6 heteroatoms. The maximum absolute atomic E-state index is 12.4. The van der Waals surface area contributed by atoms with Crippen LogP contribution < -0.4 is 14.8 Å². The summed E-state index contributed by atoms with van der Waals surface area (Å²) < 4.78 is 11.4. The number of nitrogens with zero attached hydrogens (tertiary/aromatic N) is 1. The van der Waals surface area contributed by atoms with E-state index in [1.165, 1.54) is 6.42 Å². The highest BCUT2D eigenvalue weighted by atomic mass is 32.2. The van der Waals surface area contributed by atoms with Crippen molar-refractivity contribution in [3.8, 4) is 11.5 Å². The lowest BCUT2D eigenvalue weighted by molar-refractivity contribution is -0.132. The molecule has 0 radical (unpaired) electrons. The molecule has 1 amide bonds. The van der Waals surface area contributed by atoms with Gasteiger partial charge in [0.25, 0.3) is 0 Å². The molecule has 1 N–H and O–H groups in total. The molecule has 1 aromatic rings. The van der Waals surface area contributed by atoms with E-state index in [9.17, 15) is 4.79 Å². The summed E-state index contributed by atoms with van der Waals surface area (Å²) in [5.74, 6) is 3.51. The first-order valence-electron chi connectivity index (χ1n) is 9.71. The number of benzene rings is 1. The Bertz CT molecular complexity index is 588. The number of hydrogen-bond acceptors (Lipinski definition) is 5. The lowest BCUT2D eigenvalue weighted by Gasteiger charge is -2.32. The van der Waals surface area contributed by atoms with Crippen molar-refractivity contribution in [2.75, 3.05) is 45.6 Å². The molecule has 2 heterocycles. The number of nitrogens with one attached hydrogen (secondary N) is 1. The molecule has 1 fully saturated rings. The quantitative estimate of drug-likeness (QED) is 0.739. The minimum Gasteiger partial charge on any atom is -0.490 e. The van der Waals surface area contributed by atoms with Crippen molar-refractivity contribution in [1.82, 2.24) is 10.2 Å². The number of ether oxygens (including phenoxy) is 2. The van der Waals surface area contributed by atoms with E-state index in [0.29, 0.717) is 25.5 Å². The number of rotatable bonds is 7. The molecule has 26 heavy (non-hydrogen) atoms. The highest BCUT2D eigenvalue weighted by Crippen LogP contribution is 2.34. The van der Waals surface area contributed by atoms with Crippen molar-refractivity contribution in [3.63, 3.8) is 0 Å². The fraction of sp³-hybridized carbons (Fsp3) is 0.650. The van der Waals surface area contributed by atoms with Gasteiger partial charge in [0, 0.05) is 36.6 Å². The van der Waals surface area contributed by atoms with Crippen molar-refractivity contribution < 1.29 is 14.3 Å². The van der Waals surface area contributed by atoms with Crippen LogP contribution in [0.15, 0.2) is 23.1 Å². The third-order valence-corrected chi connectivity index (χ3v) is 6.07. The third kappa shape index (κ3) is 5.55. The molecule has 0 spiro atoms. The number of likely N-dealkylation sites (tertiary alicyclic amines) is 1. The van der Waals surface area contributed by atoms with Gasteiger partial charge in [-0.2, -0.15) is 0 Å². The number of thioether (sulfide) groups is 1. The minimum absolute atomic E-state index is 0.291. The Labute approximate surface area is 160 Å². The van der Waals surface area contributed by atoms with Crippen molar-refractivity contribution in [2.24, 2.45) is 5.92 Å². The first-order chi connectivity index (χ1) is 12.8. The van der Waals surface area contributed by atoms with Gasteiger partial charge in [-0.3, -0.25) is 4.79 Å². The SMILES string of the molecule is CNCCC1CCN(C(=O)CCSc2ccc3c(c2)OCCCO3)CC1. The van der Waals surface area contributed by atoms with E-state index in [4.69, 9.17) is 9.47 Å². The molecule has 1 saturated heterocycles. The van der Waals surface area contributed by atoms with Gasteiger partial charge in [-0.15, -0.1) is 11.8 Å². The normalized spacial score (nSPS) is 17.8. The Morgan fingerprint density at radius 2 is 2.00 bits per heavy atom. The van der Waals surface area contributed by atoms with Crippen LogP contribution in [0.5, 0.6) is 11.5 Å². The second-order valence-corrected chi connectivity index (χ2v) is 8.14. The van der Waals surface area contributed by atoms with E-state index in [0.717, 1.165) is 67.0 Å². The van der Waals surface area contributed by atoms with Gasteiger partial charge in [0.1, 0.15) is 0 Å². The number of fused-ring (bicyclic) bond motifs is 1. The van der Waals surface area contributed by atoms with Crippen molar-refractivity contribution in [1.29, 1.82) is 0 Å². The second-order valence-electron chi connectivity index (χ2n) is 6.97. The molecule has 3 rings (SSSR count). The van der Waals surface area contributed by atoms with E-state index in [-0.39, 0.29) is 0 Å².